The highest BCUT2D eigenvalue weighted by Crippen LogP contribution is 2.24. The van der Waals surface area contributed by atoms with Gasteiger partial charge in [-0.2, -0.15) is 4.31 Å². The van der Waals surface area contributed by atoms with Crippen molar-refractivity contribution in [1.29, 1.82) is 0 Å². The average molecular weight is 373 g/mol. The monoisotopic (exact) mass is 373 g/mol. The van der Waals surface area contributed by atoms with Gasteiger partial charge in [-0.1, -0.05) is 0 Å². The molecule has 0 amide bonds. The van der Waals surface area contributed by atoms with Gasteiger partial charge in [0.2, 0.25) is 10.0 Å². The molecule has 1 aromatic carbocycles. The molecule has 8 heteroatoms. The van der Waals surface area contributed by atoms with Gasteiger partial charge in [-0.05, 0) is 55.9 Å². The van der Waals surface area contributed by atoms with Crippen LogP contribution in [-0.2, 0) is 24.6 Å². The van der Waals surface area contributed by atoms with Gasteiger partial charge in [0.25, 0.3) is 0 Å². The molecule has 2 heterocycles. The summed E-state index contributed by atoms with van der Waals surface area (Å²) in [5.41, 5.74) is 0. The number of rotatable bonds is 5. The summed E-state index contributed by atoms with van der Waals surface area (Å²) >= 11 is 0. The molecule has 0 unspecified atom stereocenters. The van der Waals surface area contributed by atoms with Crippen molar-refractivity contribution in [3.05, 3.63) is 24.3 Å². The number of sulfonamides is 1. The van der Waals surface area contributed by atoms with Crippen LogP contribution in [0.4, 0.5) is 0 Å². The fourth-order valence-electron chi connectivity index (χ4n) is 3.22. The lowest BCUT2D eigenvalue weighted by atomic mass is 10.0. The molecule has 0 saturated carbocycles. The van der Waals surface area contributed by atoms with E-state index in [0.29, 0.717) is 26.3 Å². The number of sulfone groups is 1. The van der Waals surface area contributed by atoms with E-state index >= 15 is 0 Å². The molecule has 0 atom stereocenters. The van der Waals surface area contributed by atoms with Crippen LogP contribution in [0, 0.1) is 5.92 Å². The summed E-state index contributed by atoms with van der Waals surface area (Å²) in [6.45, 7) is 2.28. The summed E-state index contributed by atoms with van der Waals surface area (Å²) in [4.78, 5) is 0.351. The molecule has 0 aromatic heterocycles. The molecule has 0 radical (unpaired) electrons. The predicted octanol–water partition coefficient (Wildman–Crippen LogP) is 1.67. The zero-order chi connectivity index (χ0) is 17.2. The van der Waals surface area contributed by atoms with Gasteiger partial charge in [0.05, 0.1) is 15.5 Å². The maximum Gasteiger partial charge on any atom is 0.243 e. The normalized spacial score (nSPS) is 21.2. The van der Waals surface area contributed by atoms with Crippen molar-refractivity contribution in [1.82, 2.24) is 4.31 Å². The van der Waals surface area contributed by atoms with E-state index in [4.69, 9.17) is 4.74 Å². The Bertz CT molecular complexity index is 759. The minimum atomic E-state index is -3.51. The second kappa shape index (κ2) is 7.11. The van der Waals surface area contributed by atoms with Gasteiger partial charge < -0.3 is 4.74 Å². The van der Waals surface area contributed by atoms with E-state index in [1.54, 1.807) is 0 Å². The first-order valence-electron chi connectivity index (χ1n) is 8.30. The third kappa shape index (κ3) is 3.82. The smallest absolute Gasteiger partial charge is 0.243 e. The molecular formula is C16H23NO5S2. The summed E-state index contributed by atoms with van der Waals surface area (Å²) in [6.07, 6.45) is 3.24. The van der Waals surface area contributed by atoms with E-state index in [1.807, 2.05) is 0 Å². The van der Waals surface area contributed by atoms with Crippen molar-refractivity contribution >= 4 is 19.9 Å². The maximum atomic E-state index is 12.5. The molecule has 2 fully saturated rings. The van der Waals surface area contributed by atoms with Crippen LogP contribution in [0.5, 0.6) is 0 Å². The third-order valence-electron chi connectivity index (χ3n) is 4.68. The topological polar surface area (TPSA) is 80.8 Å². The van der Waals surface area contributed by atoms with Crippen LogP contribution in [0.1, 0.15) is 25.7 Å². The van der Waals surface area contributed by atoms with Crippen molar-refractivity contribution in [3.63, 3.8) is 0 Å². The van der Waals surface area contributed by atoms with Gasteiger partial charge in [0, 0.05) is 26.3 Å². The first-order chi connectivity index (χ1) is 11.4. The Morgan fingerprint density at radius 2 is 1.46 bits per heavy atom. The second-order valence-corrected chi connectivity index (χ2v) is 10.4. The van der Waals surface area contributed by atoms with Crippen LogP contribution in [0.2, 0.25) is 0 Å². The summed E-state index contributed by atoms with van der Waals surface area (Å²) in [7, 11) is -6.91. The SMILES string of the molecule is O=S(=O)(CC1CCOCC1)c1ccc(S(=O)(=O)N2CCCC2)cc1. The molecule has 6 nitrogen and oxygen atoms in total. The van der Waals surface area contributed by atoms with Gasteiger partial charge in [0.15, 0.2) is 9.84 Å². The first-order valence-corrected chi connectivity index (χ1v) is 11.4. The highest BCUT2D eigenvalue weighted by molar-refractivity contribution is 7.91. The summed E-state index contributed by atoms with van der Waals surface area (Å²) in [5.74, 6) is 0.200. The van der Waals surface area contributed by atoms with E-state index in [1.165, 1.54) is 28.6 Å². The minimum Gasteiger partial charge on any atom is -0.381 e. The van der Waals surface area contributed by atoms with Gasteiger partial charge in [-0.3, -0.25) is 0 Å². The quantitative estimate of drug-likeness (QED) is 0.784. The fourth-order valence-corrected chi connectivity index (χ4v) is 6.43. The van der Waals surface area contributed by atoms with E-state index in [-0.39, 0.29) is 21.5 Å². The molecule has 0 spiro atoms. The standard InChI is InChI=1S/C16H23NO5S2/c18-23(19,13-14-7-11-22-12-8-14)15-3-5-16(6-4-15)24(20,21)17-9-1-2-10-17/h3-6,14H,1-2,7-13H2. The van der Waals surface area contributed by atoms with E-state index < -0.39 is 19.9 Å². The maximum absolute atomic E-state index is 12.5. The average Bonchev–Trinajstić information content (AvgIpc) is 3.11. The zero-order valence-corrected chi connectivity index (χ0v) is 15.2. The Morgan fingerprint density at radius 3 is 2.04 bits per heavy atom. The number of hydrogen-bond acceptors (Lipinski definition) is 5. The van der Waals surface area contributed by atoms with Gasteiger partial charge in [0.1, 0.15) is 0 Å². The third-order valence-corrected chi connectivity index (χ3v) is 8.50. The molecule has 0 bridgehead atoms. The number of hydrogen-bond donors (Lipinski definition) is 0. The minimum absolute atomic E-state index is 0.0918. The molecule has 2 saturated heterocycles. The summed E-state index contributed by atoms with van der Waals surface area (Å²) in [6, 6.07) is 5.64. The van der Waals surface area contributed by atoms with Crippen LogP contribution in [0.25, 0.3) is 0 Å². The summed E-state index contributed by atoms with van der Waals surface area (Å²) < 4.78 is 56.7. The first kappa shape index (κ1) is 17.8. The Balaban J connectivity index is 1.75. The van der Waals surface area contributed by atoms with Gasteiger partial charge >= 0.3 is 0 Å². The van der Waals surface area contributed by atoms with Crippen molar-refractivity contribution in [2.24, 2.45) is 5.92 Å². The molecule has 2 aliphatic rings. The van der Waals surface area contributed by atoms with Gasteiger partial charge in [-0.25, -0.2) is 16.8 Å². The van der Waals surface area contributed by atoms with Crippen LogP contribution in [0.15, 0.2) is 34.1 Å². The molecule has 0 N–H and O–H groups in total. The molecule has 0 aliphatic carbocycles. The van der Waals surface area contributed by atoms with E-state index in [2.05, 4.69) is 0 Å². The highest BCUT2D eigenvalue weighted by atomic mass is 32.2. The zero-order valence-electron chi connectivity index (χ0n) is 13.6. The van der Waals surface area contributed by atoms with E-state index in [0.717, 1.165) is 25.7 Å². The fraction of sp³-hybridized carbons (Fsp3) is 0.625. The Morgan fingerprint density at radius 1 is 0.917 bits per heavy atom. The van der Waals surface area contributed by atoms with Crippen LogP contribution < -0.4 is 0 Å². The van der Waals surface area contributed by atoms with Gasteiger partial charge in [-0.15, -0.1) is 0 Å². The van der Waals surface area contributed by atoms with Crippen molar-refractivity contribution < 1.29 is 21.6 Å². The Hall–Kier alpha value is -0.960. The Labute approximate surface area is 143 Å². The lowest BCUT2D eigenvalue weighted by molar-refractivity contribution is 0.0723. The van der Waals surface area contributed by atoms with Crippen LogP contribution >= 0.6 is 0 Å². The van der Waals surface area contributed by atoms with Crippen LogP contribution in [-0.4, -0.2) is 53.2 Å². The molecule has 1 aromatic rings. The molecule has 3 rings (SSSR count). The Kier molecular flexibility index (Phi) is 5.29. The number of nitrogens with zero attached hydrogens (tertiary/aromatic N) is 1. The number of ether oxygens (including phenoxy) is 1. The van der Waals surface area contributed by atoms with Crippen molar-refractivity contribution in [3.8, 4) is 0 Å². The second-order valence-electron chi connectivity index (χ2n) is 6.42. The number of benzene rings is 1. The van der Waals surface area contributed by atoms with Crippen molar-refractivity contribution in [2.75, 3.05) is 32.1 Å². The molecular weight excluding hydrogens is 350 g/mol. The van der Waals surface area contributed by atoms with Crippen LogP contribution in [0.3, 0.4) is 0 Å². The largest absolute Gasteiger partial charge is 0.381 e. The molecule has 2 aliphatic heterocycles. The predicted molar refractivity (Wildman–Crippen MR) is 90.0 cm³/mol. The van der Waals surface area contributed by atoms with Crippen molar-refractivity contribution in [2.45, 2.75) is 35.5 Å². The molecule has 134 valence electrons. The van der Waals surface area contributed by atoms with E-state index in [9.17, 15) is 16.8 Å². The molecule has 24 heavy (non-hydrogen) atoms. The highest BCUT2D eigenvalue weighted by Gasteiger charge is 2.28. The summed E-state index contributed by atoms with van der Waals surface area (Å²) in [5, 5.41) is 0. The lowest BCUT2D eigenvalue weighted by Gasteiger charge is -2.21. The lowest BCUT2D eigenvalue weighted by Crippen LogP contribution is -2.28.